The van der Waals surface area contributed by atoms with E-state index in [9.17, 15) is 0 Å². The number of nitrogens with two attached hydrogens (primary N) is 2. The van der Waals surface area contributed by atoms with Crippen molar-refractivity contribution in [1.29, 1.82) is 11.1 Å². The third-order valence-corrected chi connectivity index (χ3v) is 0.260. The Morgan fingerprint density at radius 3 is 1.75 bits per heavy atom. The van der Waals surface area contributed by atoms with Crippen LogP contribution in [-0.2, 0) is 0 Å². The van der Waals surface area contributed by atoms with Gasteiger partial charge in [-0.15, -0.1) is 0 Å². The average molecular weight is 135 g/mol. The molecule has 7 heteroatoms. The van der Waals surface area contributed by atoms with Crippen LogP contribution in [0, 0.1) is 11.1 Å². The van der Waals surface area contributed by atoms with Gasteiger partial charge in [0.2, 0.25) is 4.91 Å². The van der Waals surface area contributed by atoms with Crippen LogP contribution in [0.3, 0.4) is 0 Å². The highest BCUT2D eigenvalue weighted by Gasteiger charge is 1.66. The van der Waals surface area contributed by atoms with Crippen molar-refractivity contribution in [2.75, 3.05) is 0 Å². The lowest BCUT2D eigenvalue weighted by Gasteiger charge is -1.85. The number of hydrogen-bond donors (Lipinski definition) is 5. The van der Waals surface area contributed by atoms with E-state index in [4.69, 9.17) is 16.8 Å². The number of nitrogens with zero attached hydrogens (tertiary/aromatic N) is 1. The molecular weight excluding hydrogens is 128 g/mol. The maximum atomic E-state index is 5.50. The second kappa shape index (κ2) is 9.35. The van der Waals surface area contributed by atoms with Crippen molar-refractivity contribution in [2.24, 2.45) is 11.6 Å². The normalized spacial score (nSPS) is 5.12. The summed E-state index contributed by atoms with van der Waals surface area (Å²) < 4.78 is 0. The number of hydrazine groups is 1. The van der Waals surface area contributed by atoms with Crippen LogP contribution in [0.1, 0.15) is 0 Å². The van der Waals surface area contributed by atoms with Crippen molar-refractivity contribution >= 4 is 17.3 Å². The van der Waals surface area contributed by atoms with Crippen LogP contribution in [0.2, 0.25) is 0 Å². The highest BCUT2D eigenvalue weighted by atomic mass is 32.1. The quantitative estimate of drug-likeness (QED) is 0.0940. The molecule has 0 aromatic carbocycles. The maximum Gasteiger partial charge on any atom is 0.211 e. The summed E-state index contributed by atoms with van der Waals surface area (Å²) in [7, 11) is 0. The molecule has 0 radical (unpaired) electrons. The molecule has 7 N–H and O–H groups in total. The predicted molar refractivity (Wildman–Crippen MR) is 31.7 cm³/mol. The molecule has 0 amide bonds. The summed E-state index contributed by atoms with van der Waals surface area (Å²) in [5.74, 6) is 4.66. The van der Waals surface area contributed by atoms with Crippen LogP contribution in [-0.4, -0.2) is 5.11 Å². The molecule has 0 unspecified atom stereocenters. The third-order valence-electron chi connectivity index (χ3n) is 0.142. The SMILES string of the molecule is N=[N+]=N.NNC(N)=S. The predicted octanol–water partition coefficient (Wildman–Crippen LogP) is -1.19. The average Bonchev–Trinajstić information content (AvgIpc) is 1.69. The summed E-state index contributed by atoms with van der Waals surface area (Å²) >= 11 is 4.24. The fraction of sp³-hybridized carbons (Fsp3) is 0. The summed E-state index contributed by atoms with van der Waals surface area (Å²) in [6, 6.07) is 0. The molecule has 46 valence electrons. The minimum atomic E-state index is 0.116. The van der Waals surface area contributed by atoms with Gasteiger partial charge in [0, 0.05) is 0 Å². The molecule has 0 spiro atoms. The Morgan fingerprint density at radius 2 is 1.75 bits per heavy atom. The highest BCUT2D eigenvalue weighted by molar-refractivity contribution is 7.80. The van der Waals surface area contributed by atoms with Gasteiger partial charge >= 0.3 is 0 Å². The molecule has 0 aliphatic rings. The molecule has 0 saturated carbocycles. The van der Waals surface area contributed by atoms with Gasteiger partial charge in [-0.2, -0.15) is 0 Å². The van der Waals surface area contributed by atoms with Crippen LogP contribution >= 0.6 is 12.2 Å². The van der Waals surface area contributed by atoms with Crippen molar-refractivity contribution in [1.82, 2.24) is 10.3 Å². The van der Waals surface area contributed by atoms with Gasteiger partial charge in [0.25, 0.3) is 0 Å². The lowest BCUT2D eigenvalue weighted by Crippen LogP contribution is -2.34. The Morgan fingerprint density at radius 1 is 1.62 bits per heavy atom. The van der Waals surface area contributed by atoms with Crippen LogP contribution in [0.4, 0.5) is 0 Å². The second-order valence-corrected chi connectivity index (χ2v) is 1.06. The van der Waals surface area contributed by atoms with Crippen LogP contribution < -0.4 is 21.9 Å². The van der Waals surface area contributed by atoms with Gasteiger partial charge in [-0.1, -0.05) is 0 Å². The van der Waals surface area contributed by atoms with E-state index in [-0.39, 0.29) is 5.11 Å². The first-order valence-electron chi connectivity index (χ1n) is 1.48. The van der Waals surface area contributed by atoms with E-state index in [1.807, 2.05) is 10.3 Å². The molecule has 0 aliphatic heterocycles. The molecule has 0 heterocycles. The van der Waals surface area contributed by atoms with E-state index in [2.05, 4.69) is 18.1 Å². The minimum absolute atomic E-state index is 0.116. The van der Waals surface area contributed by atoms with E-state index >= 15 is 0 Å². The van der Waals surface area contributed by atoms with Gasteiger partial charge in [0.05, 0.1) is 0 Å². The molecule has 0 fully saturated rings. The van der Waals surface area contributed by atoms with Gasteiger partial charge in [0.1, 0.15) is 11.1 Å². The second-order valence-electron chi connectivity index (χ2n) is 0.620. The van der Waals surface area contributed by atoms with Crippen LogP contribution in [0.15, 0.2) is 0 Å². The van der Waals surface area contributed by atoms with Gasteiger partial charge in [0.15, 0.2) is 5.11 Å². The Balaban J connectivity index is 0. The van der Waals surface area contributed by atoms with Crippen molar-refractivity contribution < 1.29 is 0 Å². The van der Waals surface area contributed by atoms with Gasteiger partial charge in [-0.3, -0.25) is 0 Å². The number of nitrogens with one attached hydrogen (secondary N) is 3. The molecule has 0 aliphatic carbocycles. The molecular formula is CH7N6S+. The molecule has 0 rings (SSSR count). The summed E-state index contributed by atoms with van der Waals surface area (Å²) in [5, 5.41) is 0.116. The van der Waals surface area contributed by atoms with Crippen LogP contribution in [0.5, 0.6) is 0 Å². The smallest absolute Gasteiger partial charge is 0.211 e. The Hall–Kier alpha value is -1.04. The summed E-state index contributed by atoms with van der Waals surface area (Å²) in [6.07, 6.45) is 0. The third kappa shape index (κ3) is 84.4. The van der Waals surface area contributed by atoms with E-state index in [1.165, 1.54) is 0 Å². The van der Waals surface area contributed by atoms with E-state index in [1.54, 1.807) is 0 Å². The maximum absolute atomic E-state index is 5.50. The lowest BCUT2D eigenvalue weighted by molar-refractivity contribution is 0.928. The number of rotatable bonds is 0. The fourth-order valence-corrected chi connectivity index (χ4v) is 0. The summed E-state index contributed by atoms with van der Waals surface area (Å²) in [5.41, 5.74) is 17.8. The Labute approximate surface area is 51.2 Å². The monoisotopic (exact) mass is 135 g/mol. The molecule has 0 atom stereocenters. The molecule has 8 heavy (non-hydrogen) atoms. The molecule has 0 aromatic rings. The molecule has 6 nitrogen and oxygen atoms in total. The Kier molecular flexibility index (Phi) is 11.7. The molecule has 0 bridgehead atoms. The largest absolute Gasteiger partial charge is 0.375 e. The van der Waals surface area contributed by atoms with Crippen molar-refractivity contribution in [3.63, 3.8) is 0 Å². The molecule has 0 aromatic heterocycles. The van der Waals surface area contributed by atoms with E-state index < -0.39 is 0 Å². The van der Waals surface area contributed by atoms with E-state index in [0.29, 0.717) is 0 Å². The topological polar surface area (TPSA) is 126 Å². The summed E-state index contributed by atoms with van der Waals surface area (Å²) in [6.45, 7) is 0. The molecule has 0 saturated heterocycles. The highest BCUT2D eigenvalue weighted by Crippen LogP contribution is 1.40. The van der Waals surface area contributed by atoms with Gasteiger partial charge in [-0.05, 0) is 12.2 Å². The van der Waals surface area contributed by atoms with Crippen LogP contribution in [0.25, 0.3) is 0 Å². The lowest BCUT2D eigenvalue weighted by atomic mass is 11.2. The minimum Gasteiger partial charge on any atom is -0.375 e. The van der Waals surface area contributed by atoms with Gasteiger partial charge in [-0.25, -0.2) is 5.84 Å². The standard InChI is InChI=1S/CH5N3S.H2N3/c2-1(5)4-3;1-3-2/h3H2,(H3,2,4,5);1-2H/q;+1. The van der Waals surface area contributed by atoms with Crippen molar-refractivity contribution in [3.8, 4) is 0 Å². The summed E-state index contributed by atoms with van der Waals surface area (Å²) in [4.78, 5) is 2.00. The Bertz CT molecular complexity index is 90.7. The first-order chi connectivity index (χ1) is 3.68. The zero-order valence-electron chi connectivity index (χ0n) is 4.01. The van der Waals surface area contributed by atoms with Crippen molar-refractivity contribution in [2.45, 2.75) is 0 Å². The van der Waals surface area contributed by atoms with E-state index in [0.717, 1.165) is 0 Å². The fourth-order valence-electron chi connectivity index (χ4n) is 0. The number of hydrogen-bond acceptors (Lipinski definition) is 4. The first kappa shape index (κ1) is 10.0. The zero-order chi connectivity index (χ0) is 6.99. The zero-order valence-corrected chi connectivity index (χ0v) is 4.83. The first-order valence-corrected chi connectivity index (χ1v) is 1.89. The van der Waals surface area contributed by atoms with Gasteiger partial charge < -0.3 is 11.2 Å². The van der Waals surface area contributed by atoms with Crippen molar-refractivity contribution in [3.05, 3.63) is 0 Å². The number of thiocarbonyl (C=S) groups is 1.